The number of aromatic carboxylic acids is 1. The van der Waals surface area contributed by atoms with Crippen molar-refractivity contribution < 1.29 is 14.6 Å². The van der Waals surface area contributed by atoms with E-state index in [-0.39, 0.29) is 5.69 Å². The molecule has 6 heteroatoms. The molecule has 0 spiro atoms. The van der Waals surface area contributed by atoms with E-state index in [1.807, 2.05) is 0 Å². The highest BCUT2D eigenvalue weighted by atomic mass is 16.5. The SMILES string of the molecule is COC1CCC(Nc2ccc(C(=O)O)nn2)C1. The van der Waals surface area contributed by atoms with Gasteiger partial charge in [-0.15, -0.1) is 10.2 Å². The van der Waals surface area contributed by atoms with Crippen LogP contribution in [0.5, 0.6) is 0 Å². The third kappa shape index (κ3) is 2.91. The van der Waals surface area contributed by atoms with E-state index in [9.17, 15) is 4.79 Å². The van der Waals surface area contributed by atoms with E-state index in [0.717, 1.165) is 19.3 Å². The van der Waals surface area contributed by atoms with Crippen LogP contribution >= 0.6 is 0 Å². The smallest absolute Gasteiger partial charge is 0.356 e. The van der Waals surface area contributed by atoms with Gasteiger partial charge in [0, 0.05) is 13.2 Å². The lowest BCUT2D eigenvalue weighted by Crippen LogP contribution is -2.18. The normalized spacial score (nSPS) is 23.6. The summed E-state index contributed by atoms with van der Waals surface area (Å²) in [6.45, 7) is 0. The van der Waals surface area contributed by atoms with Crippen LogP contribution in [-0.2, 0) is 4.74 Å². The summed E-state index contributed by atoms with van der Waals surface area (Å²) in [5.41, 5.74) is -0.0447. The average molecular weight is 237 g/mol. The molecule has 1 aromatic heterocycles. The highest BCUT2D eigenvalue weighted by Gasteiger charge is 2.24. The number of methoxy groups -OCH3 is 1. The number of carbonyl (C=O) groups is 1. The van der Waals surface area contributed by atoms with Crippen LogP contribution < -0.4 is 5.32 Å². The fourth-order valence-electron chi connectivity index (χ4n) is 2.02. The molecule has 6 nitrogen and oxygen atoms in total. The van der Waals surface area contributed by atoms with Crippen LogP contribution in [0.2, 0.25) is 0 Å². The predicted octanol–water partition coefficient (Wildman–Crippen LogP) is 1.15. The molecular formula is C11H15N3O3. The average Bonchev–Trinajstić information content (AvgIpc) is 2.77. The first-order valence-electron chi connectivity index (χ1n) is 5.55. The zero-order chi connectivity index (χ0) is 12.3. The van der Waals surface area contributed by atoms with E-state index < -0.39 is 5.97 Å². The summed E-state index contributed by atoms with van der Waals surface area (Å²) in [6.07, 6.45) is 3.31. The molecule has 0 bridgehead atoms. The van der Waals surface area contributed by atoms with Crippen LogP contribution in [0.3, 0.4) is 0 Å². The highest BCUT2D eigenvalue weighted by Crippen LogP contribution is 2.23. The molecule has 17 heavy (non-hydrogen) atoms. The molecule has 1 heterocycles. The molecule has 2 unspecified atom stereocenters. The van der Waals surface area contributed by atoms with Gasteiger partial charge in [0.05, 0.1) is 6.10 Å². The molecule has 1 fully saturated rings. The molecule has 2 rings (SSSR count). The topological polar surface area (TPSA) is 84.3 Å². The number of ether oxygens (including phenoxy) is 1. The maximum Gasteiger partial charge on any atom is 0.356 e. The van der Waals surface area contributed by atoms with E-state index in [2.05, 4.69) is 15.5 Å². The molecule has 2 atom stereocenters. The fourth-order valence-corrected chi connectivity index (χ4v) is 2.02. The number of hydrogen-bond acceptors (Lipinski definition) is 5. The van der Waals surface area contributed by atoms with E-state index in [1.165, 1.54) is 6.07 Å². The van der Waals surface area contributed by atoms with Gasteiger partial charge >= 0.3 is 5.97 Å². The molecule has 1 aliphatic carbocycles. The number of rotatable bonds is 4. The van der Waals surface area contributed by atoms with Crippen LogP contribution in [0, 0.1) is 0 Å². The van der Waals surface area contributed by atoms with Gasteiger partial charge in [-0.25, -0.2) is 4.79 Å². The monoisotopic (exact) mass is 237 g/mol. The number of hydrogen-bond donors (Lipinski definition) is 2. The molecule has 1 saturated carbocycles. The predicted molar refractivity (Wildman–Crippen MR) is 61.1 cm³/mol. The van der Waals surface area contributed by atoms with Gasteiger partial charge in [0.1, 0.15) is 5.82 Å². The number of aromatic nitrogens is 2. The van der Waals surface area contributed by atoms with Crippen molar-refractivity contribution in [2.75, 3.05) is 12.4 Å². The Labute approximate surface area is 99.0 Å². The number of anilines is 1. The maximum absolute atomic E-state index is 10.6. The Morgan fingerprint density at radius 1 is 1.47 bits per heavy atom. The molecule has 0 aromatic carbocycles. The van der Waals surface area contributed by atoms with Crippen molar-refractivity contribution in [3.63, 3.8) is 0 Å². The van der Waals surface area contributed by atoms with Gasteiger partial charge in [-0.05, 0) is 31.4 Å². The van der Waals surface area contributed by atoms with Crippen molar-refractivity contribution in [1.82, 2.24) is 10.2 Å². The third-order valence-electron chi connectivity index (χ3n) is 2.95. The summed E-state index contributed by atoms with van der Waals surface area (Å²) >= 11 is 0. The second-order valence-electron chi connectivity index (χ2n) is 4.12. The first-order chi connectivity index (χ1) is 8.19. The fraction of sp³-hybridized carbons (Fsp3) is 0.545. The first-order valence-corrected chi connectivity index (χ1v) is 5.55. The van der Waals surface area contributed by atoms with Crippen LogP contribution in [0.1, 0.15) is 29.8 Å². The molecule has 0 saturated heterocycles. The van der Waals surface area contributed by atoms with Crippen LogP contribution in [0.25, 0.3) is 0 Å². The van der Waals surface area contributed by atoms with E-state index >= 15 is 0 Å². The molecular weight excluding hydrogens is 222 g/mol. The van der Waals surface area contributed by atoms with Gasteiger partial charge in [0.2, 0.25) is 0 Å². The molecule has 92 valence electrons. The minimum absolute atomic E-state index is 0.0447. The number of nitrogens with zero attached hydrogens (tertiary/aromatic N) is 2. The summed E-state index contributed by atoms with van der Waals surface area (Å²) < 4.78 is 5.28. The second kappa shape index (κ2) is 5.09. The summed E-state index contributed by atoms with van der Waals surface area (Å²) in [5, 5.41) is 19.4. The van der Waals surface area contributed by atoms with Crippen molar-refractivity contribution in [2.24, 2.45) is 0 Å². The van der Waals surface area contributed by atoms with Gasteiger partial charge in [0.15, 0.2) is 5.69 Å². The Kier molecular flexibility index (Phi) is 3.53. The van der Waals surface area contributed by atoms with Crippen molar-refractivity contribution in [1.29, 1.82) is 0 Å². The minimum atomic E-state index is -1.07. The lowest BCUT2D eigenvalue weighted by atomic mass is 10.2. The van der Waals surface area contributed by atoms with Gasteiger partial charge in [-0.3, -0.25) is 0 Å². The van der Waals surface area contributed by atoms with Crippen LogP contribution in [0.4, 0.5) is 5.82 Å². The lowest BCUT2D eigenvalue weighted by molar-refractivity contribution is 0.0689. The molecule has 0 radical (unpaired) electrons. The van der Waals surface area contributed by atoms with Gasteiger partial charge in [0.25, 0.3) is 0 Å². The van der Waals surface area contributed by atoms with Crippen molar-refractivity contribution >= 4 is 11.8 Å². The van der Waals surface area contributed by atoms with Gasteiger partial charge < -0.3 is 15.2 Å². The third-order valence-corrected chi connectivity index (χ3v) is 2.95. The summed E-state index contributed by atoms with van der Waals surface area (Å²) in [6, 6.07) is 3.40. The number of carboxylic acid groups (broad SMARTS) is 1. The van der Waals surface area contributed by atoms with E-state index in [4.69, 9.17) is 9.84 Å². The Bertz CT molecular complexity index is 393. The summed E-state index contributed by atoms with van der Waals surface area (Å²) in [4.78, 5) is 10.6. The zero-order valence-electron chi connectivity index (χ0n) is 9.59. The van der Waals surface area contributed by atoms with Gasteiger partial charge in [-0.1, -0.05) is 0 Å². The van der Waals surface area contributed by atoms with Crippen LogP contribution in [0.15, 0.2) is 12.1 Å². The van der Waals surface area contributed by atoms with E-state index in [0.29, 0.717) is 18.0 Å². The molecule has 0 aliphatic heterocycles. The summed E-state index contributed by atoms with van der Waals surface area (Å²) in [5.74, 6) is -0.457. The lowest BCUT2D eigenvalue weighted by Gasteiger charge is -2.12. The highest BCUT2D eigenvalue weighted by molar-refractivity contribution is 5.85. The largest absolute Gasteiger partial charge is 0.476 e. The van der Waals surface area contributed by atoms with E-state index in [1.54, 1.807) is 13.2 Å². The Balaban J connectivity index is 1.93. The van der Waals surface area contributed by atoms with Crippen LogP contribution in [-0.4, -0.2) is 40.5 Å². The molecule has 0 amide bonds. The first kappa shape index (κ1) is 11.8. The van der Waals surface area contributed by atoms with Gasteiger partial charge in [-0.2, -0.15) is 0 Å². The summed E-state index contributed by atoms with van der Waals surface area (Å²) in [7, 11) is 1.72. The molecule has 2 N–H and O–H groups in total. The Morgan fingerprint density at radius 2 is 2.29 bits per heavy atom. The number of nitrogens with one attached hydrogen (secondary N) is 1. The number of carboxylic acids is 1. The van der Waals surface area contributed by atoms with Crippen molar-refractivity contribution in [3.8, 4) is 0 Å². The Morgan fingerprint density at radius 3 is 2.82 bits per heavy atom. The minimum Gasteiger partial charge on any atom is -0.476 e. The quantitative estimate of drug-likeness (QED) is 0.817. The zero-order valence-corrected chi connectivity index (χ0v) is 9.59. The van der Waals surface area contributed by atoms with Crippen molar-refractivity contribution in [2.45, 2.75) is 31.4 Å². The maximum atomic E-state index is 10.6. The van der Waals surface area contributed by atoms with Crippen molar-refractivity contribution in [3.05, 3.63) is 17.8 Å². The standard InChI is InChI=1S/C11H15N3O3/c1-17-8-3-2-7(6-8)12-10-5-4-9(11(15)16)13-14-10/h4-5,7-8H,2-3,6H2,1H3,(H,12,14)(H,15,16). The second-order valence-corrected chi connectivity index (χ2v) is 4.12. The molecule has 1 aromatic rings. The Hall–Kier alpha value is -1.69. The molecule has 1 aliphatic rings.